The molecule has 0 aromatic heterocycles. The lowest BCUT2D eigenvalue weighted by Gasteiger charge is -2.18. The molecule has 2 unspecified atom stereocenters. The molecule has 0 radical (unpaired) electrons. The first-order chi connectivity index (χ1) is 17.5. The van der Waals surface area contributed by atoms with Gasteiger partial charge in [0, 0.05) is 11.3 Å². The van der Waals surface area contributed by atoms with Gasteiger partial charge in [-0.15, -0.1) is 0 Å². The normalized spacial score (nSPS) is 12.3. The molecular formula is C31H30N2O3. The Bertz CT molecular complexity index is 1270. The van der Waals surface area contributed by atoms with E-state index in [1.807, 2.05) is 86.6 Å². The second kappa shape index (κ2) is 11.8. The maximum absolute atomic E-state index is 12.8. The van der Waals surface area contributed by atoms with Crippen LogP contribution in [0.1, 0.15) is 42.2 Å². The Morgan fingerprint density at radius 1 is 0.750 bits per heavy atom. The van der Waals surface area contributed by atoms with Crippen molar-refractivity contribution in [3.8, 4) is 16.9 Å². The molecule has 182 valence electrons. The van der Waals surface area contributed by atoms with Crippen molar-refractivity contribution in [1.29, 1.82) is 0 Å². The van der Waals surface area contributed by atoms with Gasteiger partial charge in [-0.3, -0.25) is 9.59 Å². The molecule has 5 nitrogen and oxygen atoms in total. The zero-order chi connectivity index (χ0) is 25.3. The lowest BCUT2D eigenvalue weighted by Crippen LogP contribution is -2.32. The Hall–Kier alpha value is -4.38. The Morgan fingerprint density at radius 3 is 1.94 bits per heavy atom. The van der Waals surface area contributed by atoms with Gasteiger partial charge in [-0.25, -0.2) is 0 Å². The van der Waals surface area contributed by atoms with Crippen LogP contribution in [0.4, 0.5) is 5.69 Å². The number of carbonyl (C=O) groups is 2. The van der Waals surface area contributed by atoms with Gasteiger partial charge < -0.3 is 15.4 Å². The Balaban J connectivity index is 1.33. The molecule has 2 N–H and O–H groups in total. The van der Waals surface area contributed by atoms with E-state index in [1.54, 1.807) is 24.3 Å². The van der Waals surface area contributed by atoms with Crippen LogP contribution >= 0.6 is 0 Å². The standard InChI is InChI=1S/C31H30N2O3/c1-3-29(36-28-20-16-25(17-21-28)24-12-8-5-9-13-24)31(35)33-27-18-14-26(15-19-27)30(34)32-22(2)23-10-6-4-7-11-23/h4-22,29H,3H2,1-2H3,(H,32,34)(H,33,35). The minimum Gasteiger partial charge on any atom is -0.481 e. The highest BCUT2D eigenvalue weighted by Gasteiger charge is 2.19. The van der Waals surface area contributed by atoms with Gasteiger partial charge in [-0.05, 0) is 66.4 Å². The van der Waals surface area contributed by atoms with E-state index in [2.05, 4.69) is 22.8 Å². The van der Waals surface area contributed by atoms with E-state index >= 15 is 0 Å². The summed E-state index contributed by atoms with van der Waals surface area (Å²) in [4.78, 5) is 25.5. The third-order valence-electron chi connectivity index (χ3n) is 5.96. The summed E-state index contributed by atoms with van der Waals surface area (Å²) in [6.07, 6.45) is -0.119. The Kier molecular flexibility index (Phi) is 8.14. The van der Waals surface area contributed by atoms with Crippen LogP contribution in [-0.2, 0) is 4.79 Å². The number of benzene rings is 4. The molecule has 0 fully saturated rings. The molecule has 0 saturated heterocycles. The average Bonchev–Trinajstić information content (AvgIpc) is 2.93. The molecule has 0 aliphatic carbocycles. The fourth-order valence-corrected chi connectivity index (χ4v) is 3.88. The molecule has 36 heavy (non-hydrogen) atoms. The minimum absolute atomic E-state index is 0.109. The maximum Gasteiger partial charge on any atom is 0.265 e. The van der Waals surface area contributed by atoms with Crippen molar-refractivity contribution in [2.75, 3.05) is 5.32 Å². The van der Waals surface area contributed by atoms with E-state index < -0.39 is 6.10 Å². The van der Waals surface area contributed by atoms with Gasteiger partial charge in [0.05, 0.1) is 6.04 Å². The van der Waals surface area contributed by atoms with E-state index in [1.165, 1.54) is 0 Å². The molecule has 4 rings (SSSR count). The first-order valence-electron chi connectivity index (χ1n) is 12.1. The highest BCUT2D eigenvalue weighted by molar-refractivity contribution is 5.97. The van der Waals surface area contributed by atoms with Crippen molar-refractivity contribution in [3.05, 3.63) is 120 Å². The van der Waals surface area contributed by atoms with Crippen LogP contribution in [0.3, 0.4) is 0 Å². The van der Waals surface area contributed by atoms with Crippen LogP contribution in [-0.4, -0.2) is 17.9 Å². The monoisotopic (exact) mass is 478 g/mol. The predicted octanol–water partition coefficient (Wildman–Crippen LogP) is 6.64. The molecule has 4 aromatic carbocycles. The molecule has 4 aromatic rings. The molecule has 2 amide bonds. The third-order valence-corrected chi connectivity index (χ3v) is 5.96. The highest BCUT2D eigenvalue weighted by Crippen LogP contribution is 2.23. The van der Waals surface area contributed by atoms with E-state index in [9.17, 15) is 9.59 Å². The lowest BCUT2D eigenvalue weighted by molar-refractivity contribution is -0.122. The Labute approximate surface area is 212 Å². The fraction of sp³-hybridized carbons (Fsp3) is 0.161. The van der Waals surface area contributed by atoms with Crippen LogP contribution in [0, 0.1) is 0 Å². The first kappa shape index (κ1) is 24.7. The number of nitrogens with one attached hydrogen (secondary N) is 2. The number of amides is 2. The van der Waals surface area contributed by atoms with Gasteiger partial charge in [0.25, 0.3) is 11.8 Å². The molecule has 0 aliphatic heterocycles. The van der Waals surface area contributed by atoms with E-state index in [0.717, 1.165) is 16.7 Å². The van der Waals surface area contributed by atoms with Crippen molar-refractivity contribution >= 4 is 17.5 Å². The summed E-state index contributed by atoms with van der Waals surface area (Å²) in [5.41, 5.74) is 4.38. The smallest absolute Gasteiger partial charge is 0.265 e. The molecule has 0 bridgehead atoms. The second-order valence-corrected chi connectivity index (χ2v) is 8.58. The maximum atomic E-state index is 12.8. The fourth-order valence-electron chi connectivity index (χ4n) is 3.88. The van der Waals surface area contributed by atoms with Crippen molar-refractivity contribution in [2.45, 2.75) is 32.4 Å². The summed E-state index contributed by atoms with van der Waals surface area (Å²) >= 11 is 0. The van der Waals surface area contributed by atoms with Gasteiger partial charge in [0.2, 0.25) is 0 Å². The van der Waals surface area contributed by atoms with E-state index in [-0.39, 0.29) is 17.9 Å². The van der Waals surface area contributed by atoms with Crippen molar-refractivity contribution in [1.82, 2.24) is 5.32 Å². The topological polar surface area (TPSA) is 67.4 Å². The molecule has 0 spiro atoms. The lowest BCUT2D eigenvalue weighted by atomic mass is 10.1. The molecule has 0 saturated carbocycles. The number of ether oxygens (including phenoxy) is 1. The van der Waals surface area contributed by atoms with E-state index in [0.29, 0.717) is 23.4 Å². The van der Waals surface area contributed by atoms with Crippen LogP contribution in [0.2, 0.25) is 0 Å². The van der Waals surface area contributed by atoms with Gasteiger partial charge >= 0.3 is 0 Å². The number of hydrogen-bond acceptors (Lipinski definition) is 3. The van der Waals surface area contributed by atoms with Crippen LogP contribution in [0.5, 0.6) is 5.75 Å². The van der Waals surface area contributed by atoms with Gasteiger partial charge in [-0.1, -0.05) is 79.7 Å². The number of rotatable bonds is 9. The van der Waals surface area contributed by atoms with Gasteiger partial charge in [-0.2, -0.15) is 0 Å². The summed E-state index contributed by atoms with van der Waals surface area (Å²) in [7, 11) is 0. The molecule has 0 aliphatic rings. The third kappa shape index (κ3) is 6.39. The van der Waals surface area contributed by atoms with Crippen LogP contribution in [0.15, 0.2) is 109 Å². The van der Waals surface area contributed by atoms with Crippen LogP contribution < -0.4 is 15.4 Å². The average molecular weight is 479 g/mol. The molecular weight excluding hydrogens is 448 g/mol. The SMILES string of the molecule is CCC(Oc1ccc(-c2ccccc2)cc1)C(=O)Nc1ccc(C(=O)NC(C)c2ccccc2)cc1. The predicted molar refractivity (Wildman–Crippen MR) is 144 cm³/mol. The van der Waals surface area contributed by atoms with Gasteiger partial charge in [0.15, 0.2) is 6.10 Å². The summed E-state index contributed by atoms with van der Waals surface area (Å²) < 4.78 is 5.96. The molecule has 5 heteroatoms. The van der Waals surface area contributed by atoms with Crippen molar-refractivity contribution < 1.29 is 14.3 Å². The first-order valence-corrected chi connectivity index (χ1v) is 12.1. The van der Waals surface area contributed by atoms with Crippen LogP contribution in [0.25, 0.3) is 11.1 Å². The summed E-state index contributed by atoms with van der Waals surface area (Å²) in [5, 5.41) is 5.88. The Morgan fingerprint density at radius 2 is 1.33 bits per heavy atom. The zero-order valence-electron chi connectivity index (χ0n) is 20.5. The minimum atomic E-state index is -0.637. The van der Waals surface area contributed by atoms with Gasteiger partial charge in [0.1, 0.15) is 5.75 Å². The molecule has 2 atom stereocenters. The summed E-state index contributed by atoms with van der Waals surface area (Å²) in [6.45, 7) is 3.85. The second-order valence-electron chi connectivity index (χ2n) is 8.58. The quantitative estimate of drug-likeness (QED) is 0.283. The summed E-state index contributed by atoms with van der Waals surface area (Å²) in [5.74, 6) is 0.230. The molecule has 0 heterocycles. The largest absolute Gasteiger partial charge is 0.481 e. The van der Waals surface area contributed by atoms with Crippen molar-refractivity contribution in [3.63, 3.8) is 0 Å². The number of anilines is 1. The van der Waals surface area contributed by atoms with Crippen molar-refractivity contribution in [2.24, 2.45) is 0 Å². The number of carbonyl (C=O) groups excluding carboxylic acids is 2. The highest BCUT2D eigenvalue weighted by atomic mass is 16.5. The summed E-state index contributed by atoms with van der Waals surface area (Å²) in [6, 6.07) is 34.4. The number of hydrogen-bond donors (Lipinski definition) is 2. The zero-order valence-corrected chi connectivity index (χ0v) is 20.5. The van der Waals surface area contributed by atoms with E-state index in [4.69, 9.17) is 4.74 Å².